The van der Waals surface area contributed by atoms with Crippen LogP contribution < -0.4 is 5.32 Å². The number of hydrogen-bond acceptors (Lipinski definition) is 5. The summed E-state index contributed by atoms with van der Waals surface area (Å²) < 4.78 is 0. The van der Waals surface area contributed by atoms with Crippen LogP contribution in [0, 0.1) is 13.8 Å². The molecule has 3 rings (SSSR count). The molecule has 2 heterocycles. The van der Waals surface area contributed by atoms with Crippen LogP contribution in [0.2, 0.25) is 5.02 Å². The van der Waals surface area contributed by atoms with Crippen molar-refractivity contribution in [3.05, 3.63) is 46.1 Å². The fourth-order valence-corrected chi connectivity index (χ4v) is 4.17. The van der Waals surface area contributed by atoms with E-state index >= 15 is 0 Å². The van der Waals surface area contributed by atoms with Crippen LogP contribution in [-0.4, -0.2) is 21.6 Å². The smallest absolute Gasteiger partial charge is 0.234 e. The first-order chi connectivity index (χ1) is 11.0. The lowest BCUT2D eigenvalue weighted by Gasteiger charge is -2.06. The summed E-state index contributed by atoms with van der Waals surface area (Å²) in [5.41, 5.74) is 1.92. The van der Waals surface area contributed by atoms with Gasteiger partial charge in [-0.2, -0.15) is 0 Å². The molecule has 0 atom stereocenters. The second-order valence-electron chi connectivity index (χ2n) is 4.99. The molecular weight excluding hydrogens is 350 g/mol. The van der Waals surface area contributed by atoms with E-state index < -0.39 is 0 Å². The molecule has 4 nitrogen and oxygen atoms in total. The van der Waals surface area contributed by atoms with Gasteiger partial charge >= 0.3 is 0 Å². The number of nitrogens with one attached hydrogen (secondary N) is 1. The predicted octanol–water partition coefficient (Wildman–Crippen LogP) is 4.69. The third-order valence-electron chi connectivity index (χ3n) is 3.40. The van der Waals surface area contributed by atoms with Crippen LogP contribution in [0.25, 0.3) is 10.2 Å². The summed E-state index contributed by atoms with van der Waals surface area (Å²) in [4.78, 5) is 22.9. The van der Waals surface area contributed by atoms with E-state index in [4.69, 9.17) is 11.6 Å². The highest BCUT2D eigenvalue weighted by Gasteiger charge is 2.13. The normalized spacial score (nSPS) is 10.9. The van der Waals surface area contributed by atoms with Crippen molar-refractivity contribution in [1.82, 2.24) is 9.97 Å². The van der Waals surface area contributed by atoms with Gasteiger partial charge in [0.2, 0.25) is 5.91 Å². The number of aromatic nitrogens is 2. The minimum absolute atomic E-state index is 0.0753. The SMILES string of the molecule is Cc1sc2ncnc(SCC(=O)Nc3ccc(Cl)cc3)c2c1C. The summed E-state index contributed by atoms with van der Waals surface area (Å²) in [6.07, 6.45) is 1.55. The fraction of sp³-hybridized carbons (Fsp3) is 0.188. The zero-order valence-electron chi connectivity index (χ0n) is 12.6. The van der Waals surface area contributed by atoms with E-state index in [9.17, 15) is 4.79 Å². The number of nitrogens with zero attached hydrogens (tertiary/aromatic N) is 2. The Morgan fingerprint density at radius 2 is 2.00 bits per heavy atom. The van der Waals surface area contributed by atoms with Gasteiger partial charge < -0.3 is 5.32 Å². The molecule has 118 valence electrons. The number of hydrogen-bond donors (Lipinski definition) is 1. The van der Waals surface area contributed by atoms with Crippen molar-refractivity contribution in [2.75, 3.05) is 11.1 Å². The number of aryl methyl sites for hydroxylation is 2. The van der Waals surface area contributed by atoms with Gasteiger partial charge in [0.05, 0.1) is 5.75 Å². The van der Waals surface area contributed by atoms with Crippen LogP contribution >= 0.6 is 34.7 Å². The second kappa shape index (κ2) is 6.86. The Bertz CT molecular complexity index is 862. The number of carbonyl (C=O) groups is 1. The first-order valence-corrected chi connectivity index (χ1v) is 9.11. The first-order valence-electron chi connectivity index (χ1n) is 6.93. The number of thiophene rings is 1. The summed E-state index contributed by atoms with van der Waals surface area (Å²) in [5, 5.41) is 5.40. The summed E-state index contributed by atoms with van der Waals surface area (Å²) in [7, 11) is 0. The van der Waals surface area contributed by atoms with Gasteiger partial charge in [-0.25, -0.2) is 9.97 Å². The van der Waals surface area contributed by atoms with E-state index in [0.717, 1.165) is 20.9 Å². The number of rotatable bonds is 4. The topological polar surface area (TPSA) is 54.9 Å². The van der Waals surface area contributed by atoms with E-state index in [1.54, 1.807) is 41.9 Å². The summed E-state index contributed by atoms with van der Waals surface area (Å²) in [6, 6.07) is 7.05. The molecule has 2 aromatic heterocycles. The molecule has 0 spiro atoms. The highest BCUT2D eigenvalue weighted by Crippen LogP contribution is 2.34. The van der Waals surface area contributed by atoms with Gasteiger partial charge in [-0.3, -0.25) is 4.79 Å². The van der Waals surface area contributed by atoms with Crippen molar-refractivity contribution in [3.8, 4) is 0 Å². The van der Waals surface area contributed by atoms with Crippen LogP contribution in [0.4, 0.5) is 5.69 Å². The number of amides is 1. The molecule has 0 bridgehead atoms. The molecule has 0 saturated carbocycles. The minimum atomic E-state index is -0.0753. The van der Waals surface area contributed by atoms with Gasteiger partial charge in [0.15, 0.2) is 0 Å². The monoisotopic (exact) mass is 363 g/mol. The molecule has 0 aliphatic heterocycles. The maximum atomic E-state index is 12.1. The van der Waals surface area contributed by atoms with Gasteiger partial charge in [-0.15, -0.1) is 11.3 Å². The average molecular weight is 364 g/mol. The van der Waals surface area contributed by atoms with E-state index in [2.05, 4.69) is 29.1 Å². The van der Waals surface area contributed by atoms with Gasteiger partial charge in [-0.05, 0) is 43.7 Å². The van der Waals surface area contributed by atoms with Crippen LogP contribution in [0.3, 0.4) is 0 Å². The number of benzene rings is 1. The van der Waals surface area contributed by atoms with E-state index in [0.29, 0.717) is 10.8 Å². The highest BCUT2D eigenvalue weighted by molar-refractivity contribution is 8.00. The Balaban J connectivity index is 1.71. The average Bonchev–Trinajstić information content (AvgIpc) is 2.83. The highest BCUT2D eigenvalue weighted by atomic mass is 35.5. The molecular formula is C16H14ClN3OS2. The molecule has 0 aliphatic rings. The zero-order valence-corrected chi connectivity index (χ0v) is 15.0. The van der Waals surface area contributed by atoms with Gasteiger partial charge in [0, 0.05) is 21.0 Å². The van der Waals surface area contributed by atoms with Crippen molar-refractivity contribution in [2.45, 2.75) is 18.9 Å². The lowest BCUT2D eigenvalue weighted by atomic mass is 10.2. The van der Waals surface area contributed by atoms with Crippen molar-refractivity contribution < 1.29 is 4.79 Å². The number of thioether (sulfide) groups is 1. The Labute approximate surface area is 147 Å². The lowest BCUT2D eigenvalue weighted by molar-refractivity contribution is -0.113. The predicted molar refractivity (Wildman–Crippen MR) is 97.7 cm³/mol. The lowest BCUT2D eigenvalue weighted by Crippen LogP contribution is -2.14. The summed E-state index contributed by atoms with van der Waals surface area (Å²) in [5.74, 6) is 0.219. The van der Waals surface area contributed by atoms with E-state index in [1.807, 2.05) is 0 Å². The van der Waals surface area contributed by atoms with Crippen LogP contribution in [0.15, 0.2) is 35.6 Å². The Morgan fingerprint density at radius 3 is 2.74 bits per heavy atom. The van der Waals surface area contributed by atoms with Crippen molar-refractivity contribution in [1.29, 1.82) is 0 Å². The van der Waals surface area contributed by atoms with Gasteiger partial charge in [0.25, 0.3) is 0 Å². The third-order valence-corrected chi connectivity index (χ3v) is 5.76. The maximum absolute atomic E-state index is 12.1. The van der Waals surface area contributed by atoms with Crippen molar-refractivity contribution >= 4 is 56.5 Å². The number of halogens is 1. The Hall–Kier alpha value is -1.63. The van der Waals surface area contributed by atoms with Gasteiger partial charge in [0.1, 0.15) is 16.2 Å². The Kier molecular flexibility index (Phi) is 4.84. The molecule has 1 aromatic carbocycles. The molecule has 0 unspecified atom stereocenters. The molecule has 0 radical (unpaired) electrons. The molecule has 0 aliphatic carbocycles. The molecule has 0 saturated heterocycles. The van der Waals surface area contributed by atoms with Gasteiger partial charge in [-0.1, -0.05) is 23.4 Å². The fourth-order valence-electron chi connectivity index (χ4n) is 2.12. The van der Waals surface area contributed by atoms with Crippen LogP contribution in [0.5, 0.6) is 0 Å². The number of anilines is 1. The Morgan fingerprint density at radius 1 is 1.26 bits per heavy atom. The molecule has 3 aromatic rings. The third kappa shape index (κ3) is 3.65. The maximum Gasteiger partial charge on any atom is 0.234 e. The number of carbonyl (C=O) groups excluding carboxylic acids is 1. The van der Waals surface area contributed by atoms with Crippen molar-refractivity contribution in [3.63, 3.8) is 0 Å². The standard InChI is InChI=1S/C16H14ClN3OS2/c1-9-10(2)23-16-14(9)15(18-8-19-16)22-7-13(21)20-12-5-3-11(17)4-6-12/h3-6,8H,7H2,1-2H3,(H,20,21). The zero-order chi connectivity index (χ0) is 16.4. The van der Waals surface area contributed by atoms with Crippen molar-refractivity contribution in [2.24, 2.45) is 0 Å². The summed E-state index contributed by atoms with van der Waals surface area (Å²) in [6.45, 7) is 4.14. The second-order valence-corrected chi connectivity index (χ2v) is 7.59. The molecule has 1 amide bonds. The summed E-state index contributed by atoms with van der Waals surface area (Å²) >= 11 is 8.91. The van der Waals surface area contributed by atoms with Crippen LogP contribution in [0.1, 0.15) is 10.4 Å². The largest absolute Gasteiger partial charge is 0.325 e. The van der Waals surface area contributed by atoms with E-state index in [-0.39, 0.29) is 5.91 Å². The molecule has 0 fully saturated rings. The number of fused-ring (bicyclic) bond motifs is 1. The van der Waals surface area contributed by atoms with E-state index in [1.165, 1.54) is 22.2 Å². The first kappa shape index (κ1) is 16.2. The van der Waals surface area contributed by atoms with Crippen LogP contribution in [-0.2, 0) is 4.79 Å². The minimum Gasteiger partial charge on any atom is -0.325 e. The molecule has 7 heteroatoms. The molecule has 23 heavy (non-hydrogen) atoms. The quantitative estimate of drug-likeness (QED) is 0.539. The molecule has 1 N–H and O–H groups in total.